The summed E-state index contributed by atoms with van der Waals surface area (Å²) in [5.41, 5.74) is 0.00466. The average Bonchev–Trinajstić information content (AvgIpc) is 2.23. The minimum absolute atomic E-state index is 0.0660. The predicted octanol–water partition coefficient (Wildman–Crippen LogP) is 2.37. The Morgan fingerprint density at radius 2 is 1.89 bits per heavy atom. The zero-order chi connectivity index (χ0) is 14.7. The van der Waals surface area contributed by atoms with Gasteiger partial charge in [0, 0.05) is 19.0 Å². The van der Waals surface area contributed by atoms with Crippen molar-refractivity contribution in [1.82, 2.24) is 10.6 Å². The van der Waals surface area contributed by atoms with Crippen molar-refractivity contribution in [3.63, 3.8) is 0 Å². The van der Waals surface area contributed by atoms with Gasteiger partial charge in [0.25, 0.3) is 0 Å². The molecule has 1 aliphatic carbocycles. The Morgan fingerprint density at radius 3 is 2.42 bits per heavy atom. The fourth-order valence-electron chi connectivity index (χ4n) is 3.49. The molecule has 2 atom stereocenters. The lowest BCUT2D eigenvalue weighted by molar-refractivity contribution is -0.122. The molecule has 5 nitrogen and oxygen atoms in total. The first-order valence-corrected chi connectivity index (χ1v) is 6.92. The summed E-state index contributed by atoms with van der Waals surface area (Å²) in [4.78, 5) is 22.2. The number of hydrogen-bond acceptors (Lipinski definition) is 2. The molecule has 1 saturated carbocycles. The van der Waals surface area contributed by atoms with Gasteiger partial charge in [0.15, 0.2) is 0 Å². The first-order valence-electron chi connectivity index (χ1n) is 6.92. The Balaban J connectivity index is 2.71. The molecule has 0 aromatic rings. The highest BCUT2D eigenvalue weighted by Gasteiger charge is 2.41. The van der Waals surface area contributed by atoms with Crippen LogP contribution < -0.4 is 10.6 Å². The molecular weight excluding hydrogens is 244 g/mol. The maximum Gasteiger partial charge on any atom is 0.404 e. The monoisotopic (exact) mass is 270 g/mol. The molecule has 0 radical (unpaired) electrons. The molecule has 0 saturated heterocycles. The summed E-state index contributed by atoms with van der Waals surface area (Å²) in [6.07, 6.45) is 2.22. The van der Waals surface area contributed by atoms with Crippen LogP contribution >= 0.6 is 0 Å². The number of carbonyl (C=O) groups is 2. The van der Waals surface area contributed by atoms with E-state index in [1.807, 2.05) is 6.92 Å². The van der Waals surface area contributed by atoms with Crippen LogP contribution in [0.5, 0.6) is 0 Å². The molecule has 110 valence electrons. The molecule has 1 rings (SSSR count). The van der Waals surface area contributed by atoms with Crippen LogP contribution in [0.3, 0.4) is 0 Å². The first-order chi connectivity index (χ1) is 8.66. The van der Waals surface area contributed by atoms with Gasteiger partial charge in [-0.05, 0) is 30.1 Å². The van der Waals surface area contributed by atoms with E-state index in [4.69, 9.17) is 5.11 Å². The molecule has 0 spiro atoms. The minimum atomic E-state index is -0.987. The third kappa shape index (κ3) is 5.09. The zero-order valence-electron chi connectivity index (χ0n) is 12.4. The standard InChI is InChI=1S/C14H26N2O3/c1-5-11(17)16-10-6-13(2,3)8-14(4,7-10)9-15-12(18)19/h10,15H,5-9H2,1-4H3,(H,16,17)(H,18,19). The quantitative estimate of drug-likeness (QED) is 0.733. The normalized spacial score (nSPS) is 29.6. The lowest BCUT2D eigenvalue weighted by atomic mass is 9.62. The van der Waals surface area contributed by atoms with E-state index < -0.39 is 6.09 Å². The molecule has 0 aromatic heterocycles. The molecule has 3 N–H and O–H groups in total. The average molecular weight is 270 g/mol. The summed E-state index contributed by atoms with van der Waals surface area (Å²) >= 11 is 0. The van der Waals surface area contributed by atoms with Crippen LogP contribution in [0.1, 0.15) is 53.4 Å². The van der Waals surface area contributed by atoms with Gasteiger partial charge in [-0.1, -0.05) is 27.7 Å². The van der Waals surface area contributed by atoms with E-state index in [1.165, 1.54) is 0 Å². The largest absolute Gasteiger partial charge is 0.465 e. The van der Waals surface area contributed by atoms with Crippen LogP contribution in [0.25, 0.3) is 0 Å². The van der Waals surface area contributed by atoms with E-state index in [1.54, 1.807) is 0 Å². The Morgan fingerprint density at radius 1 is 1.26 bits per heavy atom. The second kappa shape index (κ2) is 5.80. The Bertz CT molecular complexity index is 355. The van der Waals surface area contributed by atoms with Gasteiger partial charge in [0.2, 0.25) is 5.91 Å². The van der Waals surface area contributed by atoms with E-state index in [0.717, 1.165) is 19.3 Å². The zero-order valence-corrected chi connectivity index (χ0v) is 12.4. The van der Waals surface area contributed by atoms with Crippen LogP contribution in [-0.4, -0.2) is 29.7 Å². The van der Waals surface area contributed by atoms with Crippen molar-refractivity contribution in [2.24, 2.45) is 10.8 Å². The fraction of sp³-hybridized carbons (Fsp3) is 0.857. The number of rotatable bonds is 4. The van der Waals surface area contributed by atoms with Crippen LogP contribution in [0.4, 0.5) is 4.79 Å². The van der Waals surface area contributed by atoms with Gasteiger partial charge in [-0.3, -0.25) is 4.79 Å². The lowest BCUT2D eigenvalue weighted by Crippen LogP contribution is -2.50. The van der Waals surface area contributed by atoms with Gasteiger partial charge in [0.05, 0.1) is 0 Å². The third-order valence-electron chi connectivity index (χ3n) is 3.80. The summed E-state index contributed by atoms with van der Waals surface area (Å²) < 4.78 is 0. The topological polar surface area (TPSA) is 78.4 Å². The molecule has 2 unspecified atom stereocenters. The first kappa shape index (κ1) is 15.8. The fourth-order valence-corrected chi connectivity index (χ4v) is 3.49. The molecule has 0 bridgehead atoms. The van der Waals surface area contributed by atoms with Gasteiger partial charge >= 0.3 is 6.09 Å². The second-order valence-electron chi connectivity index (χ2n) is 6.84. The number of carbonyl (C=O) groups excluding carboxylic acids is 1. The van der Waals surface area contributed by atoms with Crippen LogP contribution in [0.15, 0.2) is 0 Å². The lowest BCUT2D eigenvalue weighted by Gasteiger charge is -2.46. The van der Waals surface area contributed by atoms with Crippen molar-refractivity contribution >= 4 is 12.0 Å². The van der Waals surface area contributed by atoms with Crippen LogP contribution in [0.2, 0.25) is 0 Å². The highest BCUT2D eigenvalue weighted by molar-refractivity contribution is 5.75. The molecule has 19 heavy (non-hydrogen) atoms. The van der Waals surface area contributed by atoms with Crippen molar-refractivity contribution in [2.75, 3.05) is 6.54 Å². The maximum absolute atomic E-state index is 11.5. The van der Waals surface area contributed by atoms with Crippen molar-refractivity contribution in [3.05, 3.63) is 0 Å². The maximum atomic E-state index is 11.5. The van der Waals surface area contributed by atoms with Gasteiger partial charge in [0.1, 0.15) is 0 Å². The second-order valence-corrected chi connectivity index (χ2v) is 6.84. The van der Waals surface area contributed by atoms with E-state index in [0.29, 0.717) is 13.0 Å². The summed E-state index contributed by atoms with van der Waals surface area (Å²) in [6.45, 7) is 8.72. The van der Waals surface area contributed by atoms with Crippen molar-refractivity contribution in [1.29, 1.82) is 0 Å². The van der Waals surface area contributed by atoms with Crippen LogP contribution in [-0.2, 0) is 4.79 Å². The number of amides is 2. The van der Waals surface area contributed by atoms with E-state index in [-0.39, 0.29) is 22.8 Å². The highest BCUT2D eigenvalue weighted by atomic mass is 16.4. The van der Waals surface area contributed by atoms with E-state index >= 15 is 0 Å². The summed E-state index contributed by atoms with van der Waals surface area (Å²) in [6, 6.07) is 0.136. The van der Waals surface area contributed by atoms with E-state index in [9.17, 15) is 9.59 Å². The molecular formula is C14H26N2O3. The molecule has 0 heterocycles. The Kier molecular flexibility index (Phi) is 4.82. The van der Waals surface area contributed by atoms with Crippen molar-refractivity contribution in [2.45, 2.75) is 59.4 Å². The molecule has 0 aliphatic heterocycles. The summed E-state index contributed by atoms with van der Waals surface area (Å²) in [5.74, 6) is 0.0660. The Labute approximate surface area is 115 Å². The highest BCUT2D eigenvalue weighted by Crippen LogP contribution is 2.45. The van der Waals surface area contributed by atoms with Gasteiger partial charge < -0.3 is 15.7 Å². The summed E-state index contributed by atoms with van der Waals surface area (Å²) in [7, 11) is 0. The predicted molar refractivity (Wildman–Crippen MR) is 74.0 cm³/mol. The van der Waals surface area contributed by atoms with Gasteiger partial charge in [-0.15, -0.1) is 0 Å². The molecule has 1 aliphatic rings. The number of nitrogens with one attached hydrogen (secondary N) is 2. The SMILES string of the molecule is CCC(=O)NC1CC(C)(C)CC(C)(CNC(=O)O)C1. The van der Waals surface area contributed by atoms with Gasteiger partial charge in [-0.2, -0.15) is 0 Å². The van der Waals surface area contributed by atoms with Crippen molar-refractivity contribution in [3.8, 4) is 0 Å². The minimum Gasteiger partial charge on any atom is -0.465 e. The van der Waals surface area contributed by atoms with Crippen LogP contribution in [0, 0.1) is 10.8 Å². The number of hydrogen-bond donors (Lipinski definition) is 3. The summed E-state index contributed by atoms with van der Waals surface area (Å²) in [5, 5.41) is 14.3. The smallest absolute Gasteiger partial charge is 0.404 e. The van der Waals surface area contributed by atoms with Gasteiger partial charge in [-0.25, -0.2) is 4.79 Å². The Hall–Kier alpha value is -1.26. The molecule has 0 aromatic carbocycles. The molecule has 1 fully saturated rings. The van der Waals surface area contributed by atoms with Crippen molar-refractivity contribution < 1.29 is 14.7 Å². The molecule has 2 amide bonds. The molecule has 5 heteroatoms. The number of carboxylic acid groups (broad SMARTS) is 1. The van der Waals surface area contributed by atoms with E-state index in [2.05, 4.69) is 31.4 Å². The third-order valence-corrected chi connectivity index (χ3v) is 3.80.